The van der Waals surface area contributed by atoms with Crippen LogP contribution in [0.4, 0.5) is 0 Å². The first-order valence-corrected chi connectivity index (χ1v) is 22.5. The van der Waals surface area contributed by atoms with E-state index in [0.717, 1.165) is 24.6 Å². The Balaban J connectivity index is 1.31. The number of rotatable bonds is 37. The topological polar surface area (TPSA) is 207 Å². The van der Waals surface area contributed by atoms with E-state index in [-0.39, 0.29) is 31.6 Å². The molecule has 326 valence electrons. The Hall–Kier alpha value is -1.89. The summed E-state index contributed by atoms with van der Waals surface area (Å²) in [7, 11) is 0. The van der Waals surface area contributed by atoms with Crippen molar-refractivity contribution in [2.75, 3.05) is 58.5 Å². The summed E-state index contributed by atoms with van der Waals surface area (Å²) in [6.07, 6.45) is 21.2. The highest BCUT2D eigenvalue weighted by Crippen LogP contribution is 2.28. The second kappa shape index (κ2) is 34.0. The van der Waals surface area contributed by atoms with Crippen molar-refractivity contribution in [3.05, 3.63) is 11.9 Å². The summed E-state index contributed by atoms with van der Waals surface area (Å²) in [5, 5.41) is 52.8. The van der Waals surface area contributed by atoms with Crippen molar-refractivity contribution in [3.8, 4) is 0 Å². The lowest BCUT2D eigenvalue weighted by atomic mass is 10.0. The van der Waals surface area contributed by atoms with E-state index >= 15 is 0 Å². The van der Waals surface area contributed by atoms with Gasteiger partial charge in [-0.1, -0.05) is 121 Å². The van der Waals surface area contributed by atoms with Gasteiger partial charge in [0.05, 0.1) is 58.9 Å². The van der Waals surface area contributed by atoms with Crippen LogP contribution in [-0.4, -0.2) is 136 Å². The molecule has 1 aromatic heterocycles. The number of nitrogens with one attached hydrogen (secondary N) is 2. The number of thioether (sulfide) groups is 1. The Kier molecular flexibility index (Phi) is 30.5. The molecule has 1 aliphatic rings. The smallest absolute Gasteiger partial charge is 0.246 e. The molecule has 5 atom stereocenters. The summed E-state index contributed by atoms with van der Waals surface area (Å²) in [5.74, 6) is 0.126. The lowest BCUT2D eigenvalue weighted by molar-refractivity contribution is -0.205. The SMILES string of the molecule is CCCCCCCCCCCCCCCCCCCCC(=O)NCc1cn(CCOCCOCCOCC(=O)NCCS[C@@H]2OC(CO)C(O)C(O)C2O)nn1. The normalized spacial score (nSPS) is 19.7. The zero-order chi connectivity index (χ0) is 40.5. The number of amides is 2. The number of carbonyl (C=O) groups excluding carboxylic acids is 2. The van der Waals surface area contributed by atoms with E-state index in [2.05, 4.69) is 27.9 Å². The molecule has 2 rings (SSSR count). The number of aromatic nitrogens is 3. The van der Waals surface area contributed by atoms with Crippen LogP contribution in [0, 0.1) is 0 Å². The second-order valence-electron chi connectivity index (χ2n) is 14.7. The maximum atomic E-state index is 12.3. The van der Waals surface area contributed by atoms with Crippen LogP contribution in [0.15, 0.2) is 6.20 Å². The number of ether oxygens (including phenoxy) is 4. The Morgan fingerprint density at radius 1 is 0.732 bits per heavy atom. The molecule has 0 saturated carbocycles. The largest absolute Gasteiger partial charge is 0.394 e. The van der Waals surface area contributed by atoms with Crippen molar-refractivity contribution in [1.82, 2.24) is 25.6 Å². The van der Waals surface area contributed by atoms with Gasteiger partial charge in [0, 0.05) is 18.7 Å². The number of aliphatic hydroxyl groups excluding tert-OH is 4. The molecule has 6 N–H and O–H groups in total. The van der Waals surface area contributed by atoms with Crippen LogP contribution in [0.3, 0.4) is 0 Å². The van der Waals surface area contributed by atoms with Crippen molar-refractivity contribution in [3.63, 3.8) is 0 Å². The minimum absolute atomic E-state index is 0.0512. The highest BCUT2D eigenvalue weighted by molar-refractivity contribution is 7.99. The van der Waals surface area contributed by atoms with Gasteiger partial charge in [0.1, 0.15) is 42.2 Å². The summed E-state index contributed by atoms with van der Waals surface area (Å²) in [4.78, 5) is 24.2. The molecule has 56 heavy (non-hydrogen) atoms. The predicted octanol–water partition coefficient (Wildman–Crippen LogP) is 4.03. The number of hydrogen-bond acceptors (Lipinski definition) is 13. The third-order valence-electron chi connectivity index (χ3n) is 9.81. The maximum Gasteiger partial charge on any atom is 0.246 e. The van der Waals surface area contributed by atoms with E-state index in [1.807, 2.05) is 6.20 Å². The van der Waals surface area contributed by atoms with Gasteiger partial charge in [-0.15, -0.1) is 16.9 Å². The molecule has 15 nitrogen and oxygen atoms in total. The van der Waals surface area contributed by atoms with E-state index in [0.29, 0.717) is 57.4 Å². The standard InChI is InChI=1S/C40H75N5O10S/c1-2-3-4-5-6-7-8-9-10-11-12-13-14-15-16-17-18-19-20-35(47)42-29-33-30-45(44-43-33)22-23-52-24-25-53-26-27-54-32-36(48)41-21-28-56-40-39(51)38(50)37(49)34(31-46)55-40/h30,34,37-40,46,49-51H,2-29,31-32H2,1H3,(H,41,48)(H,42,47)/t34?,37?,38?,39?,40-/m0/s1. The zero-order valence-electron chi connectivity index (χ0n) is 34.2. The molecule has 0 aromatic carbocycles. The molecular weight excluding hydrogens is 743 g/mol. The quantitative estimate of drug-likeness (QED) is 0.0526. The van der Waals surface area contributed by atoms with Crippen LogP contribution in [0.1, 0.15) is 135 Å². The highest BCUT2D eigenvalue weighted by Gasteiger charge is 2.43. The Labute approximate surface area is 339 Å². The Morgan fingerprint density at radius 3 is 1.88 bits per heavy atom. The first-order valence-electron chi connectivity index (χ1n) is 21.4. The molecule has 16 heteroatoms. The van der Waals surface area contributed by atoms with Crippen LogP contribution in [0.5, 0.6) is 0 Å². The fourth-order valence-corrected chi connectivity index (χ4v) is 7.41. The number of hydrogen-bond donors (Lipinski definition) is 6. The summed E-state index contributed by atoms with van der Waals surface area (Å²) in [6, 6.07) is 0. The summed E-state index contributed by atoms with van der Waals surface area (Å²) in [6.45, 7) is 4.58. The Morgan fingerprint density at radius 2 is 1.29 bits per heavy atom. The van der Waals surface area contributed by atoms with E-state index in [1.54, 1.807) is 4.68 Å². The molecule has 2 amide bonds. The van der Waals surface area contributed by atoms with Crippen LogP contribution < -0.4 is 10.6 Å². The minimum Gasteiger partial charge on any atom is -0.394 e. The summed E-state index contributed by atoms with van der Waals surface area (Å²) >= 11 is 1.16. The average molecular weight is 818 g/mol. The number of carbonyl (C=O) groups is 2. The molecule has 1 fully saturated rings. The van der Waals surface area contributed by atoms with Crippen LogP contribution in [0.25, 0.3) is 0 Å². The number of unbranched alkanes of at least 4 members (excludes halogenated alkanes) is 17. The van der Waals surface area contributed by atoms with Gasteiger partial charge in [0.15, 0.2) is 0 Å². The van der Waals surface area contributed by atoms with Gasteiger partial charge < -0.3 is 50.0 Å². The molecule has 0 aliphatic carbocycles. The number of nitrogens with zero attached hydrogens (tertiary/aromatic N) is 3. The van der Waals surface area contributed by atoms with E-state index in [4.69, 9.17) is 18.9 Å². The molecule has 4 unspecified atom stereocenters. The molecule has 1 aromatic rings. The van der Waals surface area contributed by atoms with Crippen molar-refractivity contribution in [2.24, 2.45) is 0 Å². The highest BCUT2D eigenvalue weighted by atomic mass is 32.2. The molecule has 0 bridgehead atoms. The molecule has 2 heterocycles. The van der Waals surface area contributed by atoms with Gasteiger partial charge in [-0.05, 0) is 6.42 Å². The lowest BCUT2D eigenvalue weighted by Gasteiger charge is -2.39. The Bertz CT molecular complexity index is 1100. The predicted molar refractivity (Wildman–Crippen MR) is 217 cm³/mol. The fourth-order valence-electron chi connectivity index (χ4n) is 6.38. The summed E-state index contributed by atoms with van der Waals surface area (Å²) < 4.78 is 23.5. The van der Waals surface area contributed by atoms with Crippen LogP contribution in [0.2, 0.25) is 0 Å². The van der Waals surface area contributed by atoms with E-state index in [1.165, 1.54) is 103 Å². The van der Waals surface area contributed by atoms with Crippen molar-refractivity contribution < 1.29 is 49.0 Å². The van der Waals surface area contributed by atoms with Gasteiger partial charge in [0.25, 0.3) is 0 Å². The fraction of sp³-hybridized carbons (Fsp3) is 0.900. The van der Waals surface area contributed by atoms with Gasteiger partial charge in [-0.2, -0.15) is 0 Å². The van der Waals surface area contributed by atoms with Crippen molar-refractivity contribution in [2.45, 2.75) is 172 Å². The average Bonchev–Trinajstić information content (AvgIpc) is 3.66. The van der Waals surface area contributed by atoms with Crippen molar-refractivity contribution >= 4 is 23.6 Å². The second-order valence-corrected chi connectivity index (χ2v) is 15.9. The lowest BCUT2D eigenvalue weighted by Crippen LogP contribution is -2.57. The zero-order valence-corrected chi connectivity index (χ0v) is 35.0. The third-order valence-corrected chi connectivity index (χ3v) is 11.0. The maximum absolute atomic E-state index is 12.3. The van der Waals surface area contributed by atoms with Gasteiger partial charge in [-0.3, -0.25) is 9.59 Å². The first-order chi connectivity index (χ1) is 27.3. The van der Waals surface area contributed by atoms with E-state index in [9.17, 15) is 30.0 Å². The van der Waals surface area contributed by atoms with Gasteiger partial charge in [-0.25, -0.2) is 4.68 Å². The van der Waals surface area contributed by atoms with Crippen molar-refractivity contribution in [1.29, 1.82) is 0 Å². The third kappa shape index (κ3) is 24.8. The molecular formula is C40H75N5O10S. The van der Waals surface area contributed by atoms with Gasteiger partial charge in [0.2, 0.25) is 11.8 Å². The molecule has 0 spiro atoms. The minimum atomic E-state index is -1.42. The van der Waals surface area contributed by atoms with Gasteiger partial charge >= 0.3 is 0 Å². The number of aliphatic hydroxyl groups is 4. The summed E-state index contributed by atoms with van der Waals surface area (Å²) in [5.41, 5.74) is -0.126. The molecule has 0 radical (unpaired) electrons. The monoisotopic (exact) mass is 818 g/mol. The van der Waals surface area contributed by atoms with Crippen LogP contribution >= 0.6 is 11.8 Å². The van der Waals surface area contributed by atoms with E-state index < -0.39 is 36.5 Å². The van der Waals surface area contributed by atoms with Crippen LogP contribution in [-0.2, 0) is 41.6 Å². The molecule has 1 aliphatic heterocycles. The molecule has 1 saturated heterocycles. The first kappa shape index (κ1) is 50.3.